The Kier molecular flexibility index (Phi) is 16.0. The Morgan fingerprint density at radius 1 is 0.697 bits per heavy atom. The standard InChI is InChI=1S/C57H65F3N8O8/c1-4-67-46-8-6-5-7-44(46)45-35-39(13-22-47(45)67)54-61-49(37-9-14-40(15-10-37)65-27-23-63(2)24-28-65)51(38-11-16-41(17-12-38)66-29-25-64(3)26-30-66)68(54)42-18-20-43(21-19-42)74-33-31-73-32-34-75-55-50(62-56(72)57(58,59)60)53(71)52(70)48(36-69)76-55/h5-22,35,48,50,52-53,55,69-71H,4,23-34,36H2,1-3H3,(H,62,72)/t48-,50-,52-,53-,55-/m1/s1. The summed E-state index contributed by atoms with van der Waals surface area (Å²) in [6.45, 7) is 10.1. The Balaban J connectivity index is 0.935. The van der Waals surface area contributed by atoms with Gasteiger partial charge in [-0.25, -0.2) is 4.98 Å². The van der Waals surface area contributed by atoms with E-state index in [9.17, 15) is 33.3 Å². The number of ether oxygens (including phenoxy) is 4. The van der Waals surface area contributed by atoms with Crippen molar-refractivity contribution in [2.24, 2.45) is 0 Å². The minimum absolute atomic E-state index is 0.0568. The Morgan fingerprint density at radius 2 is 1.28 bits per heavy atom. The molecule has 10 rings (SSSR count). The van der Waals surface area contributed by atoms with Crippen LogP contribution >= 0.6 is 0 Å². The van der Waals surface area contributed by atoms with Gasteiger partial charge < -0.3 is 63.8 Å². The number of aliphatic hydroxyl groups excluding tert-OH is 3. The lowest BCUT2D eigenvalue weighted by atomic mass is 9.97. The summed E-state index contributed by atoms with van der Waals surface area (Å²) in [5, 5.41) is 34.3. The molecule has 7 aromatic rings. The van der Waals surface area contributed by atoms with Crippen molar-refractivity contribution in [2.45, 2.75) is 50.3 Å². The van der Waals surface area contributed by atoms with Gasteiger partial charge in [-0.15, -0.1) is 0 Å². The van der Waals surface area contributed by atoms with Gasteiger partial charge in [-0.3, -0.25) is 9.36 Å². The zero-order valence-electron chi connectivity index (χ0n) is 42.9. The summed E-state index contributed by atoms with van der Waals surface area (Å²) in [6.07, 6.45) is -11.9. The molecule has 0 unspecified atom stereocenters. The SMILES string of the molecule is CCn1c2ccccc2c2cc(-c3nc(-c4ccc(N5CCN(C)CC5)cc4)c(-c4ccc(N5CCN(C)CC5)cc4)n3-c3ccc(OCCOCCO[C@@H]4O[C@H](CO)[C@@H](O)[C@H](O)[C@H]4NC(=O)C(F)(F)F)cc3)ccc21. The molecule has 2 aromatic heterocycles. The molecule has 19 heteroatoms. The molecule has 3 saturated heterocycles. The number of nitrogens with zero attached hydrogens (tertiary/aromatic N) is 7. The van der Waals surface area contributed by atoms with Gasteiger partial charge in [0, 0.05) is 114 Å². The number of nitrogens with one attached hydrogen (secondary N) is 1. The lowest BCUT2D eigenvalue weighted by molar-refractivity contribution is -0.273. The van der Waals surface area contributed by atoms with Crippen LogP contribution in [0, 0.1) is 0 Å². The van der Waals surface area contributed by atoms with Crippen LogP contribution in [0.15, 0.2) is 115 Å². The van der Waals surface area contributed by atoms with Gasteiger partial charge in [0.15, 0.2) is 6.29 Å². The van der Waals surface area contributed by atoms with Gasteiger partial charge in [0.05, 0.1) is 37.8 Å². The maximum atomic E-state index is 13.1. The summed E-state index contributed by atoms with van der Waals surface area (Å²) >= 11 is 0. The third kappa shape index (κ3) is 11.1. The topological polar surface area (TPSA) is 162 Å². The van der Waals surface area contributed by atoms with Gasteiger partial charge in [0.1, 0.15) is 42.5 Å². The predicted molar refractivity (Wildman–Crippen MR) is 286 cm³/mol. The van der Waals surface area contributed by atoms with Crippen LogP contribution in [0.5, 0.6) is 5.75 Å². The van der Waals surface area contributed by atoms with E-state index in [2.05, 4.69) is 141 Å². The van der Waals surface area contributed by atoms with E-state index in [1.807, 2.05) is 24.3 Å². The number of para-hydroxylation sites is 1. The van der Waals surface area contributed by atoms with Gasteiger partial charge in [-0.05, 0) is 93.8 Å². The van der Waals surface area contributed by atoms with E-state index < -0.39 is 49.3 Å². The molecule has 0 spiro atoms. The molecule has 16 nitrogen and oxygen atoms in total. The first-order valence-corrected chi connectivity index (χ1v) is 25.9. The normalized spacial score (nSPS) is 20.9. The van der Waals surface area contributed by atoms with Crippen LogP contribution < -0.4 is 19.9 Å². The van der Waals surface area contributed by atoms with E-state index in [0.29, 0.717) is 5.75 Å². The first-order valence-electron chi connectivity index (χ1n) is 25.9. The molecule has 5 heterocycles. The monoisotopic (exact) mass is 1050 g/mol. The van der Waals surface area contributed by atoms with Crippen LogP contribution in [0.25, 0.3) is 61.4 Å². The van der Waals surface area contributed by atoms with Crippen molar-refractivity contribution < 1.29 is 52.2 Å². The minimum Gasteiger partial charge on any atom is -0.491 e. The Hall–Kier alpha value is -6.55. The van der Waals surface area contributed by atoms with E-state index in [-0.39, 0.29) is 26.4 Å². The molecule has 3 aliphatic rings. The van der Waals surface area contributed by atoms with Crippen LogP contribution in [0.3, 0.4) is 0 Å². The van der Waals surface area contributed by atoms with Crippen molar-refractivity contribution in [1.82, 2.24) is 29.2 Å². The van der Waals surface area contributed by atoms with Gasteiger partial charge >= 0.3 is 12.1 Å². The first kappa shape index (κ1) is 52.9. The summed E-state index contributed by atoms with van der Waals surface area (Å²) in [7, 11) is 4.32. The number of aromatic nitrogens is 3. The minimum atomic E-state index is -5.26. The van der Waals surface area contributed by atoms with Crippen molar-refractivity contribution in [1.29, 1.82) is 0 Å². The number of hydrogen-bond donors (Lipinski definition) is 4. The third-order valence-corrected chi connectivity index (χ3v) is 14.8. The molecule has 5 aromatic carbocycles. The lowest BCUT2D eigenvalue weighted by Gasteiger charge is -2.42. The van der Waals surface area contributed by atoms with E-state index in [1.165, 1.54) is 22.3 Å². The number of aryl methyl sites for hydroxylation is 1. The third-order valence-electron chi connectivity index (χ3n) is 14.8. The Bertz CT molecular complexity index is 3080. The summed E-state index contributed by atoms with van der Waals surface area (Å²) in [6, 6.07) is 38.9. The van der Waals surface area contributed by atoms with Crippen molar-refractivity contribution in [3.8, 4) is 45.3 Å². The number of carbonyl (C=O) groups is 1. The molecule has 0 bridgehead atoms. The van der Waals surface area contributed by atoms with Crippen LogP contribution in [-0.4, -0.2) is 181 Å². The van der Waals surface area contributed by atoms with Crippen LogP contribution in [0.4, 0.5) is 24.5 Å². The number of halogens is 3. The molecular formula is C57H65F3N8O8. The van der Waals surface area contributed by atoms with Gasteiger partial charge in [-0.2, -0.15) is 13.2 Å². The van der Waals surface area contributed by atoms with Crippen molar-refractivity contribution >= 4 is 39.1 Å². The molecule has 402 valence electrons. The van der Waals surface area contributed by atoms with Crippen LogP contribution in [0.1, 0.15) is 6.92 Å². The molecule has 76 heavy (non-hydrogen) atoms. The number of carbonyl (C=O) groups excluding carboxylic acids is 1. The fourth-order valence-corrected chi connectivity index (χ4v) is 10.5. The van der Waals surface area contributed by atoms with Gasteiger partial charge in [0.25, 0.3) is 0 Å². The molecule has 4 N–H and O–H groups in total. The summed E-state index contributed by atoms with van der Waals surface area (Å²) in [5.41, 5.74) is 10.3. The maximum Gasteiger partial charge on any atom is 0.471 e. The number of rotatable bonds is 17. The number of hydrogen-bond acceptors (Lipinski definition) is 13. The highest BCUT2D eigenvalue weighted by Crippen LogP contribution is 2.42. The Labute approximate surface area is 439 Å². The number of likely N-dealkylation sites (N-methyl/N-ethyl adjacent to an activating group) is 2. The Morgan fingerprint density at radius 3 is 1.89 bits per heavy atom. The largest absolute Gasteiger partial charge is 0.491 e. The number of amides is 1. The molecule has 3 fully saturated rings. The van der Waals surface area contributed by atoms with E-state index in [4.69, 9.17) is 23.9 Å². The molecule has 0 radical (unpaired) electrons. The average molecular weight is 1050 g/mol. The number of benzene rings is 5. The second-order valence-electron chi connectivity index (χ2n) is 19.7. The summed E-state index contributed by atoms with van der Waals surface area (Å²) in [4.78, 5) is 26.9. The fraction of sp³-hybridized carbons (Fsp3) is 0.404. The molecule has 0 aliphatic carbocycles. The first-order chi connectivity index (χ1) is 36.8. The number of aliphatic hydroxyl groups is 3. The number of fused-ring (bicyclic) bond motifs is 3. The predicted octanol–water partition coefficient (Wildman–Crippen LogP) is 6.40. The lowest BCUT2D eigenvalue weighted by Crippen LogP contribution is -2.65. The zero-order valence-corrected chi connectivity index (χ0v) is 42.9. The van der Waals surface area contributed by atoms with E-state index in [1.54, 1.807) is 5.32 Å². The molecule has 1 amide bonds. The second-order valence-corrected chi connectivity index (χ2v) is 19.7. The van der Waals surface area contributed by atoms with Crippen molar-refractivity contribution in [3.63, 3.8) is 0 Å². The van der Waals surface area contributed by atoms with Gasteiger partial charge in [-0.1, -0.05) is 42.5 Å². The van der Waals surface area contributed by atoms with Crippen molar-refractivity contribution in [3.05, 3.63) is 115 Å². The maximum absolute atomic E-state index is 13.1. The molecule has 5 atom stereocenters. The quantitative estimate of drug-likeness (QED) is 0.0743. The number of imidazole rings is 1. The molecule has 3 aliphatic heterocycles. The second kappa shape index (κ2) is 23.0. The smallest absolute Gasteiger partial charge is 0.471 e. The van der Waals surface area contributed by atoms with Gasteiger partial charge in [0.2, 0.25) is 0 Å². The zero-order chi connectivity index (χ0) is 53.1. The molecular weight excluding hydrogens is 982 g/mol. The van der Waals surface area contributed by atoms with E-state index >= 15 is 0 Å². The summed E-state index contributed by atoms with van der Waals surface area (Å²) < 4.78 is 66.6. The highest BCUT2D eigenvalue weighted by Gasteiger charge is 2.49. The van der Waals surface area contributed by atoms with Crippen LogP contribution in [0.2, 0.25) is 0 Å². The summed E-state index contributed by atoms with van der Waals surface area (Å²) in [5.74, 6) is -0.983. The number of alkyl halides is 3. The molecule has 0 saturated carbocycles. The fourth-order valence-electron chi connectivity index (χ4n) is 10.5. The van der Waals surface area contributed by atoms with E-state index in [0.717, 1.165) is 109 Å². The van der Waals surface area contributed by atoms with Crippen LogP contribution in [-0.2, 0) is 25.5 Å². The average Bonchev–Trinajstić information content (AvgIpc) is 4.01. The highest BCUT2D eigenvalue weighted by molar-refractivity contribution is 6.09. The number of anilines is 2. The number of piperazine rings is 2. The highest BCUT2D eigenvalue weighted by atomic mass is 19.4. The van der Waals surface area contributed by atoms with Crippen molar-refractivity contribution in [2.75, 3.05) is 109 Å².